The Bertz CT molecular complexity index is 273. The summed E-state index contributed by atoms with van der Waals surface area (Å²) in [4.78, 5) is 0. The van der Waals surface area contributed by atoms with Crippen LogP contribution in [0.5, 0.6) is 0 Å². The normalized spacial score (nSPS) is 16.0. The highest BCUT2D eigenvalue weighted by molar-refractivity contribution is 7.91. The number of nitrogens with one attached hydrogen (secondary N) is 1. The number of hydrogen-bond donors (Lipinski definition) is 2. The maximum atomic E-state index is 11.2. The number of hydrogen-bond acceptors (Lipinski definition) is 4. The lowest BCUT2D eigenvalue weighted by Crippen LogP contribution is -2.38. The van der Waals surface area contributed by atoms with E-state index in [-0.39, 0.29) is 11.5 Å². The molecule has 2 N–H and O–H groups in total. The van der Waals surface area contributed by atoms with E-state index in [1.165, 1.54) is 0 Å². The van der Waals surface area contributed by atoms with Crippen LogP contribution in [0.15, 0.2) is 0 Å². The average molecular weight is 251 g/mol. The Morgan fingerprint density at radius 1 is 1.31 bits per heavy atom. The Kier molecular flexibility index (Phi) is 7.19. The fraction of sp³-hybridized carbons (Fsp3) is 1.00. The third-order valence-electron chi connectivity index (χ3n) is 2.54. The standard InChI is InChI=1S/C11H25NO3S/c1-4-7-11(3,13)10-12-8-6-9-16(14,15)5-2/h12-13H,4-10H2,1-3H3. The fourth-order valence-corrected chi connectivity index (χ4v) is 2.42. The van der Waals surface area contributed by atoms with Crippen molar-refractivity contribution in [2.24, 2.45) is 0 Å². The zero-order valence-electron chi connectivity index (χ0n) is 10.6. The van der Waals surface area contributed by atoms with Gasteiger partial charge >= 0.3 is 0 Å². The summed E-state index contributed by atoms with van der Waals surface area (Å²) >= 11 is 0. The molecular weight excluding hydrogens is 226 g/mol. The molecule has 0 spiro atoms. The molecule has 0 radical (unpaired) electrons. The predicted molar refractivity (Wildman–Crippen MR) is 67.3 cm³/mol. The van der Waals surface area contributed by atoms with Crippen LogP contribution < -0.4 is 5.32 Å². The first-order valence-corrected chi connectivity index (χ1v) is 7.78. The van der Waals surface area contributed by atoms with Gasteiger partial charge in [0.25, 0.3) is 0 Å². The Balaban J connectivity index is 3.62. The molecule has 0 aliphatic rings. The van der Waals surface area contributed by atoms with Gasteiger partial charge in [0.1, 0.15) is 9.84 Å². The highest BCUT2D eigenvalue weighted by Gasteiger charge is 2.17. The van der Waals surface area contributed by atoms with E-state index < -0.39 is 15.4 Å². The van der Waals surface area contributed by atoms with Crippen molar-refractivity contribution in [1.29, 1.82) is 0 Å². The molecule has 0 heterocycles. The summed E-state index contributed by atoms with van der Waals surface area (Å²) in [5, 5.41) is 12.9. The second-order valence-electron chi connectivity index (χ2n) is 4.51. The molecule has 16 heavy (non-hydrogen) atoms. The lowest BCUT2D eigenvalue weighted by Gasteiger charge is -2.22. The van der Waals surface area contributed by atoms with E-state index in [0.717, 1.165) is 12.8 Å². The number of sulfone groups is 1. The van der Waals surface area contributed by atoms with Crippen LogP contribution in [-0.2, 0) is 9.84 Å². The molecule has 4 nitrogen and oxygen atoms in total. The van der Waals surface area contributed by atoms with E-state index in [4.69, 9.17) is 0 Å². The summed E-state index contributed by atoms with van der Waals surface area (Å²) in [7, 11) is -2.85. The topological polar surface area (TPSA) is 66.4 Å². The maximum absolute atomic E-state index is 11.2. The van der Waals surface area contributed by atoms with E-state index in [0.29, 0.717) is 19.5 Å². The molecule has 0 amide bonds. The average Bonchev–Trinajstić information content (AvgIpc) is 2.17. The molecule has 0 aromatic heterocycles. The zero-order valence-corrected chi connectivity index (χ0v) is 11.4. The van der Waals surface area contributed by atoms with Gasteiger partial charge in [-0.1, -0.05) is 20.3 Å². The Labute approximate surface area is 99.4 Å². The first-order valence-electron chi connectivity index (χ1n) is 5.96. The highest BCUT2D eigenvalue weighted by Crippen LogP contribution is 2.09. The van der Waals surface area contributed by atoms with Crippen molar-refractivity contribution in [2.75, 3.05) is 24.6 Å². The van der Waals surface area contributed by atoms with E-state index >= 15 is 0 Å². The van der Waals surface area contributed by atoms with Crippen molar-refractivity contribution >= 4 is 9.84 Å². The second-order valence-corrected chi connectivity index (χ2v) is 6.99. The highest BCUT2D eigenvalue weighted by atomic mass is 32.2. The molecule has 0 fully saturated rings. The van der Waals surface area contributed by atoms with Crippen LogP contribution in [0.1, 0.15) is 40.0 Å². The Hall–Kier alpha value is -0.130. The lowest BCUT2D eigenvalue weighted by molar-refractivity contribution is 0.0503. The molecule has 1 atom stereocenters. The minimum Gasteiger partial charge on any atom is -0.389 e. The van der Waals surface area contributed by atoms with E-state index in [9.17, 15) is 13.5 Å². The molecule has 0 rings (SSSR count). The van der Waals surface area contributed by atoms with Crippen molar-refractivity contribution in [3.05, 3.63) is 0 Å². The summed E-state index contributed by atoms with van der Waals surface area (Å²) in [6.07, 6.45) is 2.31. The molecule has 0 aromatic carbocycles. The molecule has 0 aromatic rings. The van der Waals surface area contributed by atoms with Crippen molar-refractivity contribution in [3.63, 3.8) is 0 Å². The van der Waals surface area contributed by atoms with Crippen LogP contribution >= 0.6 is 0 Å². The molecule has 0 saturated carbocycles. The Morgan fingerprint density at radius 3 is 2.44 bits per heavy atom. The number of rotatable bonds is 9. The summed E-state index contributed by atoms with van der Waals surface area (Å²) in [6, 6.07) is 0. The first-order chi connectivity index (χ1) is 7.33. The SMILES string of the molecule is CCCC(C)(O)CNCCCS(=O)(=O)CC. The molecular formula is C11H25NO3S. The number of aliphatic hydroxyl groups is 1. The van der Waals surface area contributed by atoms with Crippen molar-refractivity contribution in [3.8, 4) is 0 Å². The van der Waals surface area contributed by atoms with E-state index in [1.807, 2.05) is 6.92 Å². The second kappa shape index (κ2) is 7.25. The smallest absolute Gasteiger partial charge is 0.150 e. The quantitative estimate of drug-likeness (QED) is 0.599. The van der Waals surface area contributed by atoms with E-state index in [2.05, 4.69) is 5.32 Å². The monoisotopic (exact) mass is 251 g/mol. The van der Waals surface area contributed by atoms with Crippen LogP contribution in [0.25, 0.3) is 0 Å². The fourth-order valence-electron chi connectivity index (χ4n) is 1.55. The summed E-state index contributed by atoms with van der Waals surface area (Å²) in [5.41, 5.74) is -0.682. The van der Waals surface area contributed by atoms with Gasteiger partial charge in [-0.05, 0) is 26.3 Å². The first kappa shape index (κ1) is 15.9. The van der Waals surface area contributed by atoms with Gasteiger partial charge in [-0.3, -0.25) is 0 Å². The molecule has 0 saturated heterocycles. The van der Waals surface area contributed by atoms with Crippen LogP contribution in [0.4, 0.5) is 0 Å². The van der Waals surface area contributed by atoms with Gasteiger partial charge in [0, 0.05) is 12.3 Å². The van der Waals surface area contributed by atoms with Gasteiger partial charge in [-0.25, -0.2) is 8.42 Å². The van der Waals surface area contributed by atoms with Crippen molar-refractivity contribution < 1.29 is 13.5 Å². The maximum Gasteiger partial charge on any atom is 0.150 e. The summed E-state index contributed by atoms with van der Waals surface area (Å²) in [6.45, 7) is 6.65. The van der Waals surface area contributed by atoms with Gasteiger partial charge in [-0.2, -0.15) is 0 Å². The van der Waals surface area contributed by atoms with Crippen molar-refractivity contribution in [2.45, 2.75) is 45.6 Å². The van der Waals surface area contributed by atoms with E-state index in [1.54, 1.807) is 13.8 Å². The van der Waals surface area contributed by atoms with Crippen LogP contribution in [0, 0.1) is 0 Å². The van der Waals surface area contributed by atoms with Gasteiger partial charge in [-0.15, -0.1) is 0 Å². The molecule has 1 unspecified atom stereocenters. The zero-order chi connectivity index (χ0) is 12.7. The summed E-state index contributed by atoms with van der Waals surface area (Å²) < 4.78 is 22.4. The molecule has 0 aliphatic heterocycles. The van der Waals surface area contributed by atoms with Crippen LogP contribution in [-0.4, -0.2) is 43.7 Å². The lowest BCUT2D eigenvalue weighted by atomic mass is 10.0. The van der Waals surface area contributed by atoms with Gasteiger partial charge in [0.15, 0.2) is 0 Å². The van der Waals surface area contributed by atoms with Gasteiger partial charge in [0.05, 0.1) is 11.4 Å². The van der Waals surface area contributed by atoms with Crippen LogP contribution in [0.2, 0.25) is 0 Å². The minimum atomic E-state index is -2.85. The third kappa shape index (κ3) is 8.07. The minimum absolute atomic E-state index is 0.209. The van der Waals surface area contributed by atoms with Gasteiger partial charge < -0.3 is 10.4 Å². The molecule has 0 bridgehead atoms. The molecule has 98 valence electrons. The van der Waals surface area contributed by atoms with Crippen molar-refractivity contribution in [1.82, 2.24) is 5.32 Å². The molecule has 5 heteroatoms. The van der Waals surface area contributed by atoms with Crippen LogP contribution in [0.3, 0.4) is 0 Å². The largest absolute Gasteiger partial charge is 0.389 e. The molecule has 0 aliphatic carbocycles. The predicted octanol–water partition coefficient (Wildman–Crippen LogP) is 0.952. The summed E-state index contributed by atoms with van der Waals surface area (Å²) in [5.74, 6) is 0.437. The third-order valence-corrected chi connectivity index (χ3v) is 4.33. The Morgan fingerprint density at radius 2 is 1.94 bits per heavy atom. The van der Waals surface area contributed by atoms with Gasteiger partial charge in [0.2, 0.25) is 0 Å².